The number of fused-ring (bicyclic) bond motifs is 2. The summed E-state index contributed by atoms with van der Waals surface area (Å²) in [6.07, 6.45) is 9.76. The molecule has 0 spiro atoms. The maximum Gasteiger partial charge on any atom is 0.276 e. The average Bonchev–Trinajstić information content (AvgIpc) is 3.32. The standard InChI is InChI=1S/C26H23N5O5/c1-35-14-18(32)15-36-19-10-11-31-23(12-19)22(13-27-31)25(33)28-17-8-6-16(7-9-17)24-20-4-2-3-5-21(20)26(34)30-29-24/h2-13,18,21,32H,14-15H2,1H3,(H,28,33). The zero-order chi connectivity index (χ0) is 25.1. The SMILES string of the molecule is COCC(O)COc1ccn2ncc(C(=O)Nc3ccc(C4=C5C=CC=CC5C(=O)N=N4)cc3)c2c1. The topological polar surface area (TPSA) is 127 Å². The Morgan fingerprint density at radius 2 is 2.00 bits per heavy atom. The van der Waals surface area contributed by atoms with E-state index in [0.29, 0.717) is 28.2 Å². The number of carbonyl (C=O) groups is 2. The van der Waals surface area contributed by atoms with Crippen LogP contribution in [0.25, 0.3) is 11.2 Å². The van der Waals surface area contributed by atoms with Crippen LogP contribution in [0, 0.1) is 5.92 Å². The van der Waals surface area contributed by atoms with Crippen LogP contribution >= 0.6 is 0 Å². The summed E-state index contributed by atoms with van der Waals surface area (Å²) in [5.74, 6) is -0.545. The average molecular weight is 486 g/mol. The summed E-state index contributed by atoms with van der Waals surface area (Å²) in [4.78, 5) is 25.0. The van der Waals surface area contributed by atoms with Crippen molar-refractivity contribution in [3.63, 3.8) is 0 Å². The molecular weight excluding hydrogens is 462 g/mol. The van der Waals surface area contributed by atoms with Crippen LogP contribution in [0.4, 0.5) is 5.69 Å². The van der Waals surface area contributed by atoms with Gasteiger partial charge in [-0.3, -0.25) is 9.59 Å². The number of pyridine rings is 1. The molecule has 1 aliphatic carbocycles. The third-order valence-corrected chi connectivity index (χ3v) is 5.77. The summed E-state index contributed by atoms with van der Waals surface area (Å²) in [7, 11) is 1.50. The number of amides is 2. The van der Waals surface area contributed by atoms with E-state index >= 15 is 0 Å². The van der Waals surface area contributed by atoms with Gasteiger partial charge in [0.25, 0.3) is 11.8 Å². The number of hydrogen-bond donors (Lipinski definition) is 2. The molecule has 10 heteroatoms. The van der Waals surface area contributed by atoms with E-state index < -0.39 is 12.0 Å². The molecular formula is C26H23N5O5. The molecule has 1 aromatic carbocycles. The zero-order valence-electron chi connectivity index (χ0n) is 19.4. The monoisotopic (exact) mass is 485 g/mol. The molecule has 5 rings (SSSR count). The van der Waals surface area contributed by atoms with Crippen LogP contribution in [0.3, 0.4) is 0 Å². The van der Waals surface area contributed by atoms with E-state index in [0.717, 1.165) is 11.1 Å². The number of nitrogens with one attached hydrogen (secondary N) is 1. The summed E-state index contributed by atoms with van der Waals surface area (Å²) in [6, 6.07) is 10.6. The van der Waals surface area contributed by atoms with E-state index in [1.54, 1.807) is 41.1 Å². The van der Waals surface area contributed by atoms with E-state index in [2.05, 4.69) is 20.6 Å². The second-order valence-electron chi connectivity index (χ2n) is 8.27. The first-order valence-electron chi connectivity index (χ1n) is 11.3. The highest BCUT2D eigenvalue weighted by atomic mass is 16.5. The Bertz CT molecular complexity index is 1430. The molecule has 10 nitrogen and oxygen atoms in total. The van der Waals surface area contributed by atoms with Gasteiger partial charge in [-0.1, -0.05) is 36.4 Å². The fourth-order valence-corrected chi connectivity index (χ4v) is 4.00. The molecule has 2 aliphatic rings. The van der Waals surface area contributed by atoms with Crippen LogP contribution < -0.4 is 10.1 Å². The number of nitrogens with zero attached hydrogens (tertiary/aromatic N) is 4. The minimum atomic E-state index is -0.759. The number of anilines is 1. The maximum absolute atomic E-state index is 13.0. The van der Waals surface area contributed by atoms with Gasteiger partial charge >= 0.3 is 0 Å². The van der Waals surface area contributed by atoms with Crippen molar-refractivity contribution < 1.29 is 24.2 Å². The van der Waals surface area contributed by atoms with Gasteiger partial charge in [-0.25, -0.2) is 4.52 Å². The van der Waals surface area contributed by atoms with Crippen molar-refractivity contribution in [3.8, 4) is 5.75 Å². The lowest BCUT2D eigenvalue weighted by molar-refractivity contribution is -0.119. The lowest BCUT2D eigenvalue weighted by Crippen LogP contribution is -2.22. The first-order valence-corrected chi connectivity index (χ1v) is 11.3. The molecule has 0 saturated heterocycles. The number of aliphatic hydroxyl groups is 1. The third-order valence-electron chi connectivity index (χ3n) is 5.77. The van der Waals surface area contributed by atoms with Gasteiger partial charge < -0.3 is 19.9 Å². The number of aromatic nitrogens is 2. The molecule has 2 atom stereocenters. The van der Waals surface area contributed by atoms with Crippen molar-refractivity contribution in [1.82, 2.24) is 9.61 Å². The Kier molecular flexibility index (Phi) is 6.52. The molecule has 2 amide bonds. The molecule has 0 fully saturated rings. The van der Waals surface area contributed by atoms with Crippen LogP contribution in [0.5, 0.6) is 5.75 Å². The van der Waals surface area contributed by atoms with Gasteiger partial charge in [-0.05, 0) is 23.8 Å². The van der Waals surface area contributed by atoms with Crippen molar-refractivity contribution in [1.29, 1.82) is 0 Å². The van der Waals surface area contributed by atoms with Crippen LogP contribution in [0.2, 0.25) is 0 Å². The Morgan fingerprint density at radius 3 is 2.81 bits per heavy atom. The fourth-order valence-electron chi connectivity index (χ4n) is 4.00. The molecule has 182 valence electrons. The normalized spacial score (nSPS) is 17.4. The minimum Gasteiger partial charge on any atom is -0.491 e. The molecule has 1 aliphatic heterocycles. The second kappa shape index (κ2) is 10.1. The Balaban J connectivity index is 1.32. The van der Waals surface area contributed by atoms with Gasteiger partial charge in [0.1, 0.15) is 18.5 Å². The van der Waals surface area contributed by atoms with Gasteiger partial charge in [0.05, 0.1) is 35.5 Å². The maximum atomic E-state index is 13.0. The first kappa shape index (κ1) is 23.3. The van der Waals surface area contributed by atoms with Crippen molar-refractivity contribution >= 4 is 28.7 Å². The first-order chi connectivity index (χ1) is 17.5. The number of azo groups is 1. The summed E-state index contributed by atoms with van der Waals surface area (Å²) in [6.45, 7) is 0.222. The van der Waals surface area contributed by atoms with Crippen molar-refractivity contribution in [3.05, 3.63) is 89.8 Å². The Labute approximate surface area is 206 Å². The summed E-state index contributed by atoms with van der Waals surface area (Å²) >= 11 is 0. The fraction of sp³-hybridized carbons (Fsp3) is 0.192. The number of ether oxygens (including phenoxy) is 2. The second-order valence-corrected chi connectivity index (χ2v) is 8.27. The molecule has 0 bridgehead atoms. The number of carbonyl (C=O) groups excluding carboxylic acids is 2. The lowest BCUT2D eigenvalue weighted by atomic mass is 9.89. The van der Waals surface area contributed by atoms with E-state index in [1.165, 1.54) is 13.3 Å². The van der Waals surface area contributed by atoms with Gasteiger partial charge in [0, 0.05) is 30.6 Å². The molecule has 2 N–H and O–H groups in total. The molecule has 3 aromatic rings. The van der Waals surface area contributed by atoms with Crippen LogP contribution in [0.1, 0.15) is 15.9 Å². The molecule has 0 saturated carbocycles. The van der Waals surface area contributed by atoms with E-state index in [9.17, 15) is 14.7 Å². The predicted molar refractivity (Wildman–Crippen MR) is 132 cm³/mol. The van der Waals surface area contributed by atoms with Crippen LogP contribution in [0.15, 0.2) is 88.9 Å². The minimum absolute atomic E-state index is 0.0602. The van der Waals surface area contributed by atoms with Gasteiger partial charge in [-0.15, -0.1) is 10.2 Å². The van der Waals surface area contributed by atoms with Crippen LogP contribution in [-0.2, 0) is 9.53 Å². The molecule has 0 radical (unpaired) electrons. The van der Waals surface area contributed by atoms with Crippen molar-refractivity contribution in [2.24, 2.45) is 16.1 Å². The van der Waals surface area contributed by atoms with E-state index in [4.69, 9.17) is 9.47 Å². The highest BCUT2D eigenvalue weighted by Crippen LogP contribution is 2.34. The highest BCUT2D eigenvalue weighted by molar-refractivity contribution is 6.09. The number of hydrogen-bond acceptors (Lipinski definition) is 7. The number of rotatable bonds is 8. The largest absolute Gasteiger partial charge is 0.491 e. The van der Waals surface area contributed by atoms with Crippen molar-refractivity contribution in [2.75, 3.05) is 25.6 Å². The third kappa shape index (κ3) is 4.72. The molecule has 36 heavy (non-hydrogen) atoms. The number of methoxy groups -OCH3 is 1. The van der Waals surface area contributed by atoms with Gasteiger partial charge in [0.2, 0.25) is 0 Å². The smallest absolute Gasteiger partial charge is 0.276 e. The number of allylic oxidation sites excluding steroid dienone is 3. The lowest BCUT2D eigenvalue weighted by Gasteiger charge is -2.19. The zero-order valence-corrected chi connectivity index (χ0v) is 19.4. The molecule has 2 aromatic heterocycles. The van der Waals surface area contributed by atoms with Crippen molar-refractivity contribution in [2.45, 2.75) is 6.10 Å². The molecule has 2 unspecified atom stereocenters. The molecule has 3 heterocycles. The van der Waals surface area contributed by atoms with E-state index in [1.807, 2.05) is 30.4 Å². The summed E-state index contributed by atoms with van der Waals surface area (Å²) < 4.78 is 12.1. The van der Waals surface area contributed by atoms with E-state index in [-0.39, 0.29) is 25.0 Å². The Morgan fingerprint density at radius 1 is 1.17 bits per heavy atom. The number of benzene rings is 1. The van der Waals surface area contributed by atoms with Gasteiger partial charge in [-0.2, -0.15) is 5.10 Å². The Hall–Kier alpha value is -4.41. The summed E-state index contributed by atoms with van der Waals surface area (Å²) in [5, 5.41) is 24.8. The van der Waals surface area contributed by atoms with Gasteiger partial charge in [0.15, 0.2) is 0 Å². The van der Waals surface area contributed by atoms with Crippen LogP contribution in [-0.4, -0.2) is 53.0 Å². The highest BCUT2D eigenvalue weighted by Gasteiger charge is 2.27. The summed E-state index contributed by atoms with van der Waals surface area (Å²) in [5.41, 5.74) is 3.73. The number of aliphatic hydroxyl groups excluding tert-OH is 1. The quantitative estimate of drug-likeness (QED) is 0.503. The predicted octanol–water partition coefficient (Wildman–Crippen LogP) is 3.42.